The maximum Gasteiger partial charge on any atom is 0.0470 e. The summed E-state index contributed by atoms with van der Waals surface area (Å²) in [7, 11) is 2.15. The number of nitrogens with two attached hydrogens (primary N) is 1. The van der Waals surface area contributed by atoms with E-state index in [-0.39, 0.29) is 0 Å². The number of likely N-dealkylation sites (N-methyl/N-ethyl adjacent to an activating group) is 1. The lowest BCUT2D eigenvalue weighted by molar-refractivity contribution is 0.236. The zero-order valence-electron chi connectivity index (χ0n) is 8.03. The number of rotatable bonds is 1. The third-order valence-corrected chi connectivity index (χ3v) is 2.90. The third-order valence-electron chi connectivity index (χ3n) is 2.90. The fraction of sp³-hybridized carbons (Fsp3) is 0.455. The number of hydrogen-bond acceptors (Lipinski definition) is 2. The van der Waals surface area contributed by atoms with Gasteiger partial charge in [-0.3, -0.25) is 4.90 Å². The predicted molar refractivity (Wildman–Crippen MR) is 54.6 cm³/mol. The van der Waals surface area contributed by atoms with Crippen molar-refractivity contribution < 1.29 is 0 Å². The Morgan fingerprint density at radius 2 is 2.23 bits per heavy atom. The average Bonchev–Trinajstić information content (AvgIpc) is 2.18. The minimum atomic E-state index is 0.421. The summed E-state index contributed by atoms with van der Waals surface area (Å²) in [6.07, 6.45) is 1.16. The van der Waals surface area contributed by atoms with Crippen molar-refractivity contribution in [2.45, 2.75) is 12.5 Å². The van der Waals surface area contributed by atoms with Crippen molar-refractivity contribution in [1.82, 2.24) is 4.90 Å². The van der Waals surface area contributed by atoms with Crippen LogP contribution < -0.4 is 5.73 Å². The monoisotopic (exact) mass is 176 g/mol. The first-order valence-electron chi connectivity index (χ1n) is 4.81. The van der Waals surface area contributed by atoms with Gasteiger partial charge in [-0.25, -0.2) is 0 Å². The van der Waals surface area contributed by atoms with E-state index >= 15 is 0 Å². The molecule has 0 saturated heterocycles. The minimum absolute atomic E-state index is 0.421. The van der Waals surface area contributed by atoms with E-state index in [4.69, 9.17) is 5.73 Å². The Balaban J connectivity index is 2.39. The van der Waals surface area contributed by atoms with Crippen molar-refractivity contribution in [3.63, 3.8) is 0 Å². The molecule has 2 N–H and O–H groups in total. The van der Waals surface area contributed by atoms with Crippen molar-refractivity contribution in [3.8, 4) is 0 Å². The predicted octanol–water partition coefficient (Wildman–Crippen LogP) is 1.17. The summed E-state index contributed by atoms with van der Waals surface area (Å²) in [6.45, 7) is 1.84. The molecule has 0 spiro atoms. The second-order valence-corrected chi connectivity index (χ2v) is 3.68. The van der Waals surface area contributed by atoms with Gasteiger partial charge >= 0.3 is 0 Å². The van der Waals surface area contributed by atoms with E-state index < -0.39 is 0 Å². The van der Waals surface area contributed by atoms with E-state index in [2.05, 4.69) is 36.2 Å². The summed E-state index contributed by atoms with van der Waals surface area (Å²) >= 11 is 0. The van der Waals surface area contributed by atoms with E-state index in [1.165, 1.54) is 11.1 Å². The lowest BCUT2D eigenvalue weighted by atomic mass is 9.93. The maximum atomic E-state index is 5.77. The summed E-state index contributed by atoms with van der Waals surface area (Å²) in [5, 5.41) is 0. The van der Waals surface area contributed by atoms with Gasteiger partial charge in [0, 0.05) is 19.1 Å². The SMILES string of the molecule is CN1CCc2ccccc2C1CN. The zero-order valence-corrected chi connectivity index (χ0v) is 8.03. The molecule has 1 heterocycles. The van der Waals surface area contributed by atoms with Crippen LogP contribution in [0.3, 0.4) is 0 Å². The fourth-order valence-electron chi connectivity index (χ4n) is 2.08. The molecule has 1 atom stereocenters. The van der Waals surface area contributed by atoms with Gasteiger partial charge < -0.3 is 5.73 Å². The lowest BCUT2D eigenvalue weighted by Crippen LogP contribution is -2.36. The van der Waals surface area contributed by atoms with E-state index in [0.717, 1.165) is 13.0 Å². The first-order chi connectivity index (χ1) is 6.33. The molecule has 1 aromatic carbocycles. The van der Waals surface area contributed by atoms with Gasteiger partial charge in [-0.05, 0) is 24.6 Å². The molecule has 0 amide bonds. The molecule has 0 bridgehead atoms. The van der Waals surface area contributed by atoms with E-state index in [1.807, 2.05) is 0 Å². The summed E-state index contributed by atoms with van der Waals surface area (Å²) in [5.74, 6) is 0. The van der Waals surface area contributed by atoms with Crippen LogP contribution in [-0.2, 0) is 6.42 Å². The second-order valence-electron chi connectivity index (χ2n) is 3.68. The molecule has 0 saturated carbocycles. The number of hydrogen-bond donors (Lipinski definition) is 1. The molecule has 1 aromatic rings. The van der Waals surface area contributed by atoms with Crippen LogP contribution in [0.4, 0.5) is 0 Å². The van der Waals surface area contributed by atoms with Gasteiger partial charge in [0.25, 0.3) is 0 Å². The summed E-state index contributed by atoms with van der Waals surface area (Å²) in [4.78, 5) is 2.34. The van der Waals surface area contributed by atoms with Crippen LogP contribution >= 0.6 is 0 Å². The van der Waals surface area contributed by atoms with Gasteiger partial charge in [0.15, 0.2) is 0 Å². The first-order valence-corrected chi connectivity index (χ1v) is 4.81. The van der Waals surface area contributed by atoms with Gasteiger partial charge in [-0.1, -0.05) is 24.3 Å². The quantitative estimate of drug-likeness (QED) is 0.696. The van der Waals surface area contributed by atoms with Crippen molar-refractivity contribution in [1.29, 1.82) is 0 Å². The molecule has 0 fully saturated rings. The Bertz CT molecular complexity index is 296. The summed E-state index contributed by atoms with van der Waals surface area (Å²) in [6, 6.07) is 9.04. The molecular formula is C11H16N2. The molecule has 0 radical (unpaired) electrons. The topological polar surface area (TPSA) is 29.3 Å². The Kier molecular flexibility index (Phi) is 2.34. The first kappa shape index (κ1) is 8.73. The molecular weight excluding hydrogens is 160 g/mol. The van der Waals surface area contributed by atoms with Crippen molar-refractivity contribution in [2.75, 3.05) is 20.1 Å². The fourth-order valence-corrected chi connectivity index (χ4v) is 2.08. The average molecular weight is 176 g/mol. The third kappa shape index (κ3) is 1.47. The maximum absolute atomic E-state index is 5.77. The lowest BCUT2D eigenvalue weighted by Gasteiger charge is -2.33. The highest BCUT2D eigenvalue weighted by Crippen LogP contribution is 2.26. The smallest absolute Gasteiger partial charge is 0.0470 e. The molecule has 1 aliphatic rings. The van der Waals surface area contributed by atoms with Crippen LogP contribution in [0.1, 0.15) is 17.2 Å². The van der Waals surface area contributed by atoms with Gasteiger partial charge in [-0.15, -0.1) is 0 Å². The van der Waals surface area contributed by atoms with E-state index in [0.29, 0.717) is 12.6 Å². The van der Waals surface area contributed by atoms with Gasteiger partial charge in [0.2, 0.25) is 0 Å². The number of fused-ring (bicyclic) bond motifs is 1. The number of nitrogens with zero attached hydrogens (tertiary/aromatic N) is 1. The molecule has 2 rings (SSSR count). The normalized spacial score (nSPS) is 22.8. The molecule has 1 aliphatic heterocycles. The van der Waals surface area contributed by atoms with Crippen molar-refractivity contribution in [2.24, 2.45) is 5.73 Å². The molecule has 1 unspecified atom stereocenters. The highest BCUT2D eigenvalue weighted by atomic mass is 15.1. The molecule has 2 nitrogen and oxygen atoms in total. The minimum Gasteiger partial charge on any atom is -0.329 e. The number of benzene rings is 1. The second kappa shape index (κ2) is 3.48. The van der Waals surface area contributed by atoms with Gasteiger partial charge in [0.05, 0.1) is 0 Å². The Morgan fingerprint density at radius 3 is 3.00 bits per heavy atom. The Labute approximate surface area is 79.4 Å². The summed E-state index contributed by atoms with van der Waals surface area (Å²) < 4.78 is 0. The molecule has 13 heavy (non-hydrogen) atoms. The van der Waals surface area contributed by atoms with E-state index in [1.54, 1.807) is 0 Å². The van der Waals surface area contributed by atoms with Crippen LogP contribution in [0.2, 0.25) is 0 Å². The van der Waals surface area contributed by atoms with Gasteiger partial charge in [0.1, 0.15) is 0 Å². The standard InChI is InChI=1S/C11H16N2/c1-13-7-6-9-4-2-3-5-10(9)11(13)8-12/h2-5,11H,6-8,12H2,1H3. The van der Waals surface area contributed by atoms with Gasteiger partial charge in [-0.2, -0.15) is 0 Å². The molecule has 0 aliphatic carbocycles. The molecule has 70 valence electrons. The van der Waals surface area contributed by atoms with Crippen LogP contribution in [-0.4, -0.2) is 25.0 Å². The van der Waals surface area contributed by atoms with E-state index in [9.17, 15) is 0 Å². The van der Waals surface area contributed by atoms with Crippen LogP contribution in [0, 0.1) is 0 Å². The highest BCUT2D eigenvalue weighted by Gasteiger charge is 2.22. The Hall–Kier alpha value is -0.860. The Morgan fingerprint density at radius 1 is 1.46 bits per heavy atom. The highest BCUT2D eigenvalue weighted by molar-refractivity contribution is 5.32. The van der Waals surface area contributed by atoms with Crippen molar-refractivity contribution >= 4 is 0 Å². The van der Waals surface area contributed by atoms with Crippen LogP contribution in [0.25, 0.3) is 0 Å². The van der Waals surface area contributed by atoms with Crippen LogP contribution in [0.15, 0.2) is 24.3 Å². The summed E-state index contributed by atoms with van der Waals surface area (Å²) in [5.41, 5.74) is 8.65. The van der Waals surface area contributed by atoms with Crippen LogP contribution in [0.5, 0.6) is 0 Å². The zero-order chi connectivity index (χ0) is 9.26. The molecule has 2 heteroatoms. The molecule has 0 aromatic heterocycles. The largest absolute Gasteiger partial charge is 0.329 e. The van der Waals surface area contributed by atoms with Crippen molar-refractivity contribution in [3.05, 3.63) is 35.4 Å².